The van der Waals surface area contributed by atoms with Crippen molar-refractivity contribution in [2.24, 2.45) is 0 Å². The Morgan fingerprint density at radius 1 is 1.21 bits per heavy atom. The van der Waals surface area contributed by atoms with Gasteiger partial charge in [-0.3, -0.25) is 0 Å². The molecule has 0 bridgehead atoms. The Balaban J connectivity index is 2.48. The number of nitrogens with one attached hydrogen (secondary N) is 1. The molecule has 0 fully saturated rings. The van der Waals surface area contributed by atoms with Gasteiger partial charge in [0.25, 0.3) is 0 Å². The largest absolute Gasteiger partial charge is 0.306 e. The van der Waals surface area contributed by atoms with Gasteiger partial charge < -0.3 is 5.32 Å². The lowest BCUT2D eigenvalue weighted by atomic mass is 10.0. The number of aryl methyl sites for hydroxylation is 3. The van der Waals surface area contributed by atoms with Gasteiger partial charge in [-0.1, -0.05) is 30.7 Å². The van der Waals surface area contributed by atoms with Crippen LogP contribution in [0.15, 0.2) is 24.3 Å². The van der Waals surface area contributed by atoms with Crippen LogP contribution in [0.4, 0.5) is 0 Å². The predicted octanol–water partition coefficient (Wildman–Crippen LogP) is 5.03. The first-order valence-electron chi connectivity index (χ1n) is 6.59. The Bertz CT molecular complexity index is 574. The van der Waals surface area contributed by atoms with Gasteiger partial charge in [-0.15, -0.1) is 11.3 Å². The van der Waals surface area contributed by atoms with Gasteiger partial charge in [0.15, 0.2) is 0 Å². The van der Waals surface area contributed by atoms with Gasteiger partial charge in [-0.25, -0.2) is 0 Å². The Hall–Kier alpha value is -0.830. The van der Waals surface area contributed by atoms with Crippen molar-refractivity contribution < 1.29 is 0 Å². The third-order valence-electron chi connectivity index (χ3n) is 3.22. The van der Waals surface area contributed by atoms with Crippen LogP contribution < -0.4 is 5.32 Å². The Labute approximate surface area is 124 Å². The molecule has 19 heavy (non-hydrogen) atoms. The van der Waals surface area contributed by atoms with Crippen LogP contribution in [-0.4, -0.2) is 6.54 Å². The van der Waals surface area contributed by atoms with E-state index in [0.29, 0.717) is 0 Å². The van der Waals surface area contributed by atoms with Crippen molar-refractivity contribution in [1.82, 2.24) is 5.32 Å². The molecule has 1 aromatic heterocycles. The molecule has 0 radical (unpaired) electrons. The molecule has 2 aromatic rings. The van der Waals surface area contributed by atoms with Gasteiger partial charge in [0, 0.05) is 14.8 Å². The molecule has 1 atom stereocenters. The highest BCUT2D eigenvalue weighted by Gasteiger charge is 2.19. The smallest absolute Gasteiger partial charge is 0.0688 e. The lowest BCUT2D eigenvalue weighted by Gasteiger charge is -2.20. The third kappa shape index (κ3) is 3.19. The minimum absolute atomic E-state index is 0.191. The predicted molar refractivity (Wildman–Crippen MR) is 85.5 cm³/mol. The maximum absolute atomic E-state index is 6.43. The van der Waals surface area contributed by atoms with Gasteiger partial charge in [-0.05, 0) is 56.1 Å². The summed E-state index contributed by atoms with van der Waals surface area (Å²) in [4.78, 5) is 2.71. The minimum atomic E-state index is 0.191. The summed E-state index contributed by atoms with van der Waals surface area (Å²) in [6.07, 6.45) is 0. The van der Waals surface area contributed by atoms with Crippen LogP contribution in [0.2, 0.25) is 5.02 Å². The number of hydrogen-bond donors (Lipinski definition) is 1. The highest BCUT2D eigenvalue weighted by molar-refractivity contribution is 7.12. The summed E-state index contributed by atoms with van der Waals surface area (Å²) in [5.74, 6) is 0. The van der Waals surface area contributed by atoms with Crippen molar-refractivity contribution in [2.75, 3.05) is 6.54 Å². The molecule has 0 saturated carbocycles. The lowest BCUT2D eigenvalue weighted by molar-refractivity contribution is 0.637. The van der Waals surface area contributed by atoms with Crippen molar-refractivity contribution in [3.63, 3.8) is 0 Å². The van der Waals surface area contributed by atoms with E-state index < -0.39 is 0 Å². The molecule has 0 amide bonds. The van der Waals surface area contributed by atoms with Crippen molar-refractivity contribution in [1.29, 1.82) is 0 Å². The molecule has 1 aromatic carbocycles. The third-order valence-corrected chi connectivity index (χ3v) is 4.76. The number of rotatable bonds is 4. The summed E-state index contributed by atoms with van der Waals surface area (Å²) in [6, 6.07) is 8.74. The van der Waals surface area contributed by atoms with Gasteiger partial charge in [0.1, 0.15) is 0 Å². The monoisotopic (exact) mass is 293 g/mol. The zero-order chi connectivity index (χ0) is 14.0. The number of hydrogen-bond acceptors (Lipinski definition) is 2. The van der Waals surface area contributed by atoms with E-state index in [-0.39, 0.29) is 6.04 Å². The van der Waals surface area contributed by atoms with E-state index in [0.717, 1.165) is 11.6 Å². The first-order valence-corrected chi connectivity index (χ1v) is 7.78. The summed E-state index contributed by atoms with van der Waals surface area (Å²) in [5, 5.41) is 4.40. The Kier molecular flexibility index (Phi) is 4.67. The average Bonchev–Trinajstić information content (AvgIpc) is 2.66. The molecular weight excluding hydrogens is 274 g/mol. The Morgan fingerprint density at radius 3 is 2.47 bits per heavy atom. The lowest BCUT2D eigenvalue weighted by Crippen LogP contribution is -2.22. The summed E-state index contributed by atoms with van der Waals surface area (Å²) in [6.45, 7) is 9.45. The van der Waals surface area contributed by atoms with E-state index in [1.54, 1.807) is 0 Å². The van der Waals surface area contributed by atoms with Crippen LogP contribution in [0, 0.1) is 20.8 Å². The molecule has 1 unspecified atom stereocenters. The normalized spacial score (nSPS) is 12.7. The molecule has 1 N–H and O–H groups in total. The average molecular weight is 294 g/mol. The summed E-state index contributed by atoms with van der Waals surface area (Å²) in [5.41, 5.74) is 3.70. The van der Waals surface area contributed by atoms with Crippen molar-refractivity contribution >= 4 is 22.9 Å². The zero-order valence-corrected chi connectivity index (χ0v) is 13.5. The second-order valence-electron chi connectivity index (χ2n) is 4.92. The van der Waals surface area contributed by atoms with Crippen molar-refractivity contribution in [2.45, 2.75) is 33.7 Å². The topological polar surface area (TPSA) is 12.0 Å². The zero-order valence-electron chi connectivity index (χ0n) is 11.9. The maximum atomic E-state index is 6.43. The highest BCUT2D eigenvalue weighted by atomic mass is 35.5. The molecule has 0 saturated heterocycles. The van der Waals surface area contributed by atoms with Crippen LogP contribution in [0.25, 0.3) is 0 Å². The molecule has 3 heteroatoms. The first kappa shape index (κ1) is 14.6. The molecule has 1 heterocycles. The first-order chi connectivity index (χ1) is 9.02. The van der Waals surface area contributed by atoms with Crippen LogP contribution >= 0.6 is 22.9 Å². The van der Waals surface area contributed by atoms with Crippen molar-refractivity contribution in [3.05, 3.63) is 55.7 Å². The van der Waals surface area contributed by atoms with Crippen LogP contribution in [0.1, 0.15) is 39.4 Å². The van der Waals surface area contributed by atoms with E-state index in [1.807, 2.05) is 17.4 Å². The molecule has 0 spiro atoms. The summed E-state index contributed by atoms with van der Waals surface area (Å²) < 4.78 is 0. The van der Waals surface area contributed by atoms with Crippen LogP contribution in [-0.2, 0) is 0 Å². The van der Waals surface area contributed by atoms with Gasteiger partial charge >= 0.3 is 0 Å². The van der Waals surface area contributed by atoms with E-state index in [9.17, 15) is 0 Å². The van der Waals surface area contributed by atoms with Crippen LogP contribution in [0.3, 0.4) is 0 Å². The standard InChI is InChI=1S/C16H20ClNS/c1-5-18-15(16-11(3)9-12(4)19-16)13-7-6-10(2)8-14(13)17/h6-9,15,18H,5H2,1-4H3. The molecule has 1 nitrogen and oxygen atoms in total. The fourth-order valence-corrected chi connectivity index (χ4v) is 3.84. The second-order valence-corrected chi connectivity index (χ2v) is 6.62. The second kappa shape index (κ2) is 6.08. The Morgan fingerprint density at radius 2 is 1.95 bits per heavy atom. The van der Waals surface area contributed by atoms with Gasteiger partial charge in [-0.2, -0.15) is 0 Å². The van der Waals surface area contributed by atoms with E-state index in [4.69, 9.17) is 11.6 Å². The molecule has 2 rings (SSSR count). The van der Waals surface area contributed by atoms with E-state index in [1.165, 1.54) is 26.4 Å². The maximum Gasteiger partial charge on any atom is 0.0688 e. The molecule has 102 valence electrons. The molecular formula is C16H20ClNS. The number of benzene rings is 1. The van der Waals surface area contributed by atoms with Gasteiger partial charge in [0.05, 0.1) is 6.04 Å². The SMILES string of the molecule is CCNC(c1ccc(C)cc1Cl)c1sc(C)cc1C. The number of thiophene rings is 1. The van der Waals surface area contributed by atoms with Crippen molar-refractivity contribution in [3.8, 4) is 0 Å². The van der Waals surface area contributed by atoms with E-state index in [2.05, 4.69) is 51.2 Å². The number of halogens is 1. The summed E-state index contributed by atoms with van der Waals surface area (Å²) in [7, 11) is 0. The minimum Gasteiger partial charge on any atom is -0.306 e. The van der Waals surface area contributed by atoms with Crippen LogP contribution in [0.5, 0.6) is 0 Å². The molecule has 0 aliphatic rings. The molecule has 0 aliphatic heterocycles. The molecule has 0 aliphatic carbocycles. The highest BCUT2D eigenvalue weighted by Crippen LogP contribution is 2.35. The quantitative estimate of drug-likeness (QED) is 0.834. The van der Waals surface area contributed by atoms with Gasteiger partial charge in [0.2, 0.25) is 0 Å². The fraction of sp³-hybridized carbons (Fsp3) is 0.375. The summed E-state index contributed by atoms with van der Waals surface area (Å²) >= 11 is 8.28. The van der Waals surface area contributed by atoms with E-state index >= 15 is 0 Å². The fourth-order valence-electron chi connectivity index (χ4n) is 2.36.